The molecule has 18 heavy (non-hydrogen) atoms. The van der Waals surface area contributed by atoms with E-state index in [-0.39, 0.29) is 13.0 Å². The molecule has 0 saturated carbocycles. The van der Waals surface area contributed by atoms with Crippen molar-refractivity contribution in [3.63, 3.8) is 0 Å². The van der Waals surface area contributed by atoms with Crippen LogP contribution in [0.25, 0.3) is 0 Å². The summed E-state index contributed by atoms with van der Waals surface area (Å²) in [6.07, 6.45) is -2.56. The minimum absolute atomic E-state index is 0.00565. The van der Waals surface area contributed by atoms with Crippen LogP contribution in [0.1, 0.15) is 31.7 Å². The van der Waals surface area contributed by atoms with Crippen LogP contribution in [0, 0.1) is 0 Å². The van der Waals surface area contributed by atoms with Crippen molar-refractivity contribution in [3.8, 4) is 0 Å². The SMILES string of the molecule is CC(C)c1ccc(N2CC[C@](O)(C(F)F)C2)cc1. The first-order chi connectivity index (χ1) is 8.42. The Morgan fingerprint density at radius 2 is 1.83 bits per heavy atom. The number of hydrogen-bond acceptors (Lipinski definition) is 2. The molecule has 1 N–H and O–H groups in total. The number of halogens is 2. The molecule has 1 atom stereocenters. The lowest BCUT2D eigenvalue weighted by molar-refractivity contribution is -0.0800. The van der Waals surface area contributed by atoms with Crippen molar-refractivity contribution in [1.29, 1.82) is 0 Å². The number of rotatable bonds is 3. The third-order valence-electron chi connectivity index (χ3n) is 3.61. The molecule has 0 spiro atoms. The average Bonchev–Trinajstić information content (AvgIpc) is 2.73. The maximum atomic E-state index is 12.7. The lowest BCUT2D eigenvalue weighted by atomic mass is 10.0. The first kappa shape index (κ1) is 13.3. The van der Waals surface area contributed by atoms with Crippen LogP contribution in [0.5, 0.6) is 0 Å². The van der Waals surface area contributed by atoms with Crippen molar-refractivity contribution < 1.29 is 13.9 Å². The third-order valence-corrected chi connectivity index (χ3v) is 3.61. The normalized spacial score (nSPS) is 24.3. The number of alkyl halides is 2. The van der Waals surface area contributed by atoms with Crippen molar-refractivity contribution in [2.75, 3.05) is 18.0 Å². The van der Waals surface area contributed by atoms with E-state index in [1.54, 1.807) is 0 Å². The second kappa shape index (κ2) is 4.84. The van der Waals surface area contributed by atoms with Gasteiger partial charge in [-0.3, -0.25) is 0 Å². The summed E-state index contributed by atoms with van der Waals surface area (Å²) >= 11 is 0. The van der Waals surface area contributed by atoms with Crippen LogP contribution in [0.4, 0.5) is 14.5 Å². The molecular weight excluding hydrogens is 236 g/mol. The summed E-state index contributed by atoms with van der Waals surface area (Å²) in [6.45, 7) is 4.70. The Hall–Kier alpha value is -1.16. The van der Waals surface area contributed by atoms with Crippen LogP contribution in [-0.2, 0) is 0 Å². The minimum atomic E-state index is -2.68. The van der Waals surface area contributed by atoms with Crippen LogP contribution in [-0.4, -0.2) is 30.2 Å². The molecule has 2 rings (SSSR count). The van der Waals surface area contributed by atoms with E-state index in [4.69, 9.17) is 0 Å². The molecule has 1 saturated heterocycles. The number of β-amino-alcohol motifs (C(OH)–C–C–N with tert-alkyl or cyclic N) is 1. The van der Waals surface area contributed by atoms with Gasteiger partial charge in [-0.05, 0) is 23.6 Å². The van der Waals surface area contributed by atoms with Crippen molar-refractivity contribution in [2.45, 2.75) is 38.2 Å². The molecule has 1 aliphatic rings. The largest absolute Gasteiger partial charge is 0.382 e. The molecular formula is C14H19F2NO. The summed E-state index contributed by atoms with van der Waals surface area (Å²) in [5.74, 6) is 0.454. The van der Waals surface area contributed by atoms with Crippen molar-refractivity contribution >= 4 is 5.69 Å². The summed E-state index contributed by atoms with van der Waals surface area (Å²) in [5, 5.41) is 9.75. The zero-order valence-electron chi connectivity index (χ0n) is 10.7. The highest BCUT2D eigenvalue weighted by atomic mass is 19.3. The van der Waals surface area contributed by atoms with Crippen LogP contribution in [0.2, 0.25) is 0 Å². The first-order valence-electron chi connectivity index (χ1n) is 6.28. The highest BCUT2D eigenvalue weighted by Gasteiger charge is 2.44. The third kappa shape index (κ3) is 2.48. The molecule has 0 bridgehead atoms. The summed E-state index contributed by atoms with van der Waals surface area (Å²) in [4.78, 5) is 1.82. The van der Waals surface area contributed by atoms with Gasteiger partial charge in [-0.2, -0.15) is 0 Å². The first-order valence-corrected chi connectivity index (χ1v) is 6.28. The van der Waals surface area contributed by atoms with E-state index >= 15 is 0 Å². The molecule has 0 amide bonds. The molecule has 0 aliphatic carbocycles. The zero-order chi connectivity index (χ0) is 13.3. The maximum absolute atomic E-state index is 12.7. The fourth-order valence-electron chi connectivity index (χ4n) is 2.29. The fourth-order valence-corrected chi connectivity index (χ4v) is 2.29. The van der Waals surface area contributed by atoms with Gasteiger partial charge in [0.05, 0.1) is 6.54 Å². The lowest BCUT2D eigenvalue weighted by Gasteiger charge is -2.23. The molecule has 100 valence electrons. The van der Waals surface area contributed by atoms with Crippen LogP contribution >= 0.6 is 0 Å². The second-order valence-electron chi connectivity index (χ2n) is 5.32. The highest BCUT2D eigenvalue weighted by Crippen LogP contribution is 2.31. The molecule has 4 heteroatoms. The van der Waals surface area contributed by atoms with Gasteiger partial charge in [0, 0.05) is 18.7 Å². The number of aliphatic hydroxyl groups is 1. The van der Waals surface area contributed by atoms with E-state index in [2.05, 4.69) is 13.8 Å². The summed E-state index contributed by atoms with van der Waals surface area (Å²) < 4.78 is 25.4. The predicted octanol–water partition coefficient (Wildman–Crippen LogP) is 3.02. The van der Waals surface area contributed by atoms with E-state index < -0.39 is 12.0 Å². The molecule has 1 aromatic carbocycles. The monoisotopic (exact) mass is 255 g/mol. The highest BCUT2D eigenvalue weighted by molar-refractivity contribution is 5.49. The maximum Gasteiger partial charge on any atom is 0.268 e. The molecule has 1 heterocycles. The van der Waals surface area contributed by atoms with E-state index in [1.165, 1.54) is 5.56 Å². The van der Waals surface area contributed by atoms with E-state index in [0.717, 1.165) is 5.69 Å². The molecule has 1 aromatic rings. The Kier molecular flexibility index (Phi) is 3.57. The van der Waals surface area contributed by atoms with Gasteiger partial charge < -0.3 is 10.0 Å². The Bertz CT molecular complexity index is 405. The second-order valence-corrected chi connectivity index (χ2v) is 5.32. The number of hydrogen-bond donors (Lipinski definition) is 1. The fraction of sp³-hybridized carbons (Fsp3) is 0.571. The number of anilines is 1. The van der Waals surface area contributed by atoms with Gasteiger partial charge in [-0.1, -0.05) is 26.0 Å². The van der Waals surface area contributed by atoms with Gasteiger partial charge in [0.2, 0.25) is 0 Å². The van der Waals surface area contributed by atoms with Gasteiger partial charge in [-0.25, -0.2) is 8.78 Å². The Labute approximate surface area is 106 Å². The van der Waals surface area contributed by atoms with Crippen LogP contribution < -0.4 is 4.90 Å². The zero-order valence-corrected chi connectivity index (χ0v) is 10.7. The van der Waals surface area contributed by atoms with E-state index in [0.29, 0.717) is 12.5 Å². The molecule has 1 aliphatic heterocycles. The number of benzene rings is 1. The van der Waals surface area contributed by atoms with Gasteiger partial charge >= 0.3 is 0 Å². The molecule has 0 unspecified atom stereocenters. The Balaban J connectivity index is 2.10. The molecule has 2 nitrogen and oxygen atoms in total. The van der Waals surface area contributed by atoms with Crippen molar-refractivity contribution in [3.05, 3.63) is 29.8 Å². The summed E-state index contributed by atoms with van der Waals surface area (Å²) in [5.41, 5.74) is 0.273. The topological polar surface area (TPSA) is 23.5 Å². The molecule has 0 aromatic heterocycles. The van der Waals surface area contributed by atoms with Gasteiger partial charge in [-0.15, -0.1) is 0 Å². The van der Waals surface area contributed by atoms with E-state index in [9.17, 15) is 13.9 Å². The molecule has 0 radical (unpaired) electrons. The van der Waals surface area contributed by atoms with Crippen LogP contribution in [0.3, 0.4) is 0 Å². The number of nitrogens with zero attached hydrogens (tertiary/aromatic N) is 1. The molecule has 1 fully saturated rings. The van der Waals surface area contributed by atoms with Crippen LogP contribution in [0.15, 0.2) is 24.3 Å². The Morgan fingerprint density at radius 1 is 1.22 bits per heavy atom. The Morgan fingerprint density at radius 3 is 2.28 bits per heavy atom. The standard InChI is InChI=1S/C14H19F2NO/c1-10(2)11-3-5-12(6-4-11)17-8-7-14(18,9-17)13(15)16/h3-6,10,13,18H,7-9H2,1-2H3/t14-/m1/s1. The van der Waals surface area contributed by atoms with Gasteiger partial charge in [0.1, 0.15) is 5.60 Å². The lowest BCUT2D eigenvalue weighted by Crippen LogP contribution is -2.40. The average molecular weight is 255 g/mol. The van der Waals surface area contributed by atoms with Gasteiger partial charge in [0.15, 0.2) is 0 Å². The van der Waals surface area contributed by atoms with Gasteiger partial charge in [0.25, 0.3) is 6.43 Å². The quantitative estimate of drug-likeness (QED) is 0.897. The minimum Gasteiger partial charge on any atom is -0.382 e. The van der Waals surface area contributed by atoms with E-state index in [1.807, 2.05) is 29.2 Å². The van der Waals surface area contributed by atoms with Crippen molar-refractivity contribution in [2.24, 2.45) is 0 Å². The predicted molar refractivity (Wildman–Crippen MR) is 68.3 cm³/mol. The smallest absolute Gasteiger partial charge is 0.268 e. The van der Waals surface area contributed by atoms with Crippen molar-refractivity contribution in [1.82, 2.24) is 0 Å². The summed E-state index contributed by atoms with van der Waals surface area (Å²) in [6, 6.07) is 7.90. The summed E-state index contributed by atoms with van der Waals surface area (Å²) in [7, 11) is 0.